The van der Waals surface area contributed by atoms with E-state index < -0.39 is 0 Å². The molecule has 1 aromatic carbocycles. The Kier molecular flexibility index (Phi) is 4.29. The molecule has 6 heteroatoms. The molecular weight excluding hydrogens is 280 g/mol. The van der Waals surface area contributed by atoms with Crippen molar-refractivity contribution in [1.29, 1.82) is 0 Å². The van der Waals surface area contributed by atoms with E-state index in [4.69, 9.17) is 4.74 Å². The van der Waals surface area contributed by atoms with Gasteiger partial charge in [0, 0.05) is 19.1 Å². The maximum absolute atomic E-state index is 11.8. The minimum Gasteiger partial charge on any atom is -0.450 e. The fraction of sp³-hybridized carbons (Fsp3) is 0.500. The standard InChI is InChI=1S/C16H22N4O2/c1-3-22-16(21)20-9-8-12(10-20)19(2)11-15-17-13-6-4-5-7-14(13)18-15/h4-7,12H,3,8-11H2,1-2H3,(H,17,18)/t12-/m0/s1. The molecule has 1 N–H and O–H groups in total. The van der Waals surface area contributed by atoms with Crippen LogP contribution in [0.1, 0.15) is 19.2 Å². The molecule has 0 radical (unpaired) electrons. The smallest absolute Gasteiger partial charge is 0.409 e. The number of rotatable bonds is 4. The molecule has 0 aliphatic carbocycles. The second-order valence-electron chi connectivity index (χ2n) is 5.70. The van der Waals surface area contributed by atoms with Gasteiger partial charge >= 0.3 is 6.09 Å². The van der Waals surface area contributed by atoms with Crippen LogP contribution in [0.2, 0.25) is 0 Å². The summed E-state index contributed by atoms with van der Waals surface area (Å²) in [5, 5.41) is 0. The number of nitrogens with one attached hydrogen (secondary N) is 1. The van der Waals surface area contributed by atoms with Gasteiger partial charge < -0.3 is 14.6 Å². The topological polar surface area (TPSA) is 61.5 Å². The molecule has 1 aliphatic heterocycles. The highest BCUT2D eigenvalue weighted by Gasteiger charge is 2.29. The molecule has 1 aromatic heterocycles. The summed E-state index contributed by atoms with van der Waals surface area (Å²) in [5.41, 5.74) is 2.05. The number of carbonyl (C=O) groups is 1. The van der Waals surface area contributed by atoms with Gasteiger partial charge in [0.05, 0.1) is 24.2 Å². The highest BCUT2D eigenvalue weighted by molar-refractivity contribution is 5.74. The zero-order valence-electron chi connectivity index (χ0n) is 13.1. The van der Waals surface area contributed by atoms with Crippen LogP contribution in [0, 0.1) is 0 Å². The highest BCUT2D eigenvalue weighted by Crippen LogP contribution is 2.18. The summed E-state index contributed by atoms with van der Waals surface area (Å²) in [7, 11) is 2.08. The Bertz CT molecular complexity index is 621. The van der Waals surface area contributed by atoms with Crippen molar-refractivity contribution >= 4 is 17.1 Å². The second kappa shape index (κ2) is 6.36. The lowest BCUT2D eigenvalue weighted by Crippen LogP contribution is -2.36. The van der Waals surface area contributed by atoms with E-state index in [0.717, 1.165) is 42.9 Å². The van der Waals surface area contributed by atoms with Crippen LogP contribution in [-0.4, -0.2) is 58.6 Å². The number of fused-ring (bicyclic) bond motifs is 1. The van der Waals surface area contributed by atoms with Crippen molar-refractivity contribution in [2.75, 3.05) is 26.7 Å². The fourth-order valence-corrected chi connectivity index (χ4v) is 2.93. The van der Waals surface area contributed by atoms with Crippen LogP contribution in [-0.2, 0) is 11.3 Å². The molecule has 1 saturated heterocycles. The maximum atomic E-state index is 11.8. The molecule has 0 bridgehead atoms. The summed E-state index contributed by atoms with van der Waals surface area (Å²) >= 11 is 0. The van der Waals surface area contributed by atoms with Crippen LogP contribution < -0.4 is 0 Å². The number of likely N-dealkylation sites (N-methyl/N-ethyl adjacent to an activating group) is 1. The number of ether oxygens (including phenoxy) is 1. The third kappa shape index (κ3) is 3.06. The average Bonchev–Trinajstić information content (AvgIpc) is 3.13. The fourth-order valence-electron chi connectivity index (χ4n) is 2.93. The van der Waals surface area contributed by atoms with Crippen LogP contribution in [0.15, 0.2) is 24.3 Å². The molecule has 1 aliphatic rings. The van der Waals surface area contributed by atoms with Crippen LogP contribution in [0.3, 0.4) is 0 Å². The summed E-state index contributed by atoms with van der Waals surface area (Å²) in [4.78, 5) is 23.7. The zero-order chi connectivity index (χ0) is 15.5. The molecule has 22 heavy (non-hydrogen) atoms. The Labute approximate surface area is 130 Å². The molecule has 3 rings (SSSR count). The minimum atomic E-state index is -0.206. The van der Waals surface area contributed by atoms with Crippen LogP contribution >= 0.6 is 0 Å². The van der Waals surface area contributed by atoms with E-state index in [1.165, 1.54) is 0 Å². The molecule has 6 nitrogen and oxygen atoms in total. The molecule has 0 unspecified atom stereocenters. The Morgan fingerprint density at radius 1 is 1.50 bits per heavy atom. The van der Waals surface area contributed by atoms with E-state index >= 15 is 0 Å². The van der Waals surface area contributed by atoms with E-state index in [9.17, 15) is 4.79 Å². The van der Waals surface area contributed by atoms with E-state index in [-0.39, 0.29) is 6.09 Å². The number of para-hydroxylation sites is 2. The average molecular weight is 302 g/mol. The lowest BCUT2D eigenvalue weighted by atomic mass is 10.2. The largest absolute Gasteiger partial charge is 0.450 e. The van der Waals surface area contributed by atoms with Gasteiger partial charge in [-0.2, -0.15) is 0 Å². The molecule has 118 valence electrons. The van der Waals surface area contributed by atoms with Crippen LogP contribution in [0.4, 0.5) is 4.79 Å². The number of imidazole rings is 1. The van der Waals surface area contributed by atoms with Crippen LogP contribution in [0.5, 0.6) is 0 Å². The summed E-state index contributed by atoms with van der Waals surface area (Å²) < 4.78 is 5.06. The van der Waals surface area contributed by atoms with Gasteiger partial charge in [0.2, 0.25) is 0 Å². The van der Waals surface area contributed by atoms with Crippen molar-refractivity contribution < 1.29 is 9.53 Å². The predicted molar refractivity (Wildman–Crippen MR) is 84.6 cm³/mol. The van der Waals surface area contributed by atoms with Crippen molar-refractivity contribution in [3.63, 3.8) is 0 Å². The number of H-pyrrole nitrogens is 1. The third-order valence-corrected chi connectivity index (χ3v) is 4.15. The van der Waals surface area contributed by atoms with E-state index in [2.05, 4.69) is 21.9 Å². The number of carbonyl (C=O) groups excluding carboxylic acids is 1. The third-order valence-electron chi connectivity index (χ3n) is 4.15. The van der Waals surface area contributed by atoms with Gasteiger partial charge in [-0.25, -0.2) is 9.78 Å². The Morgan fingerprint density at radius 3 is 3.09 bits per heavy atom. The first-order chi connectivity index (χ1) is 10.7. The molecule has 1 atom stereocenters. The lowest BCUT2D eigenvalue weighted by molar-refractivity contribution is 0.112. The summed E-state index contributed by atoms with van der Waals surface area (Å²) in [6.07, 6.45) is 0.761. The Hall–Kier alpha value is -2.08. The van der Waals surface area contributed by atoms with Crippen molar-refractivity contribution in [2.24, 2.45) is 0 Å². The van der Waals surface area contributed by atoms with Gasteiger partial charge in [-0.05, 0) is 32.5 Å². The molecule has 1 fully saturated rings. The van der Waals surface area contributed by atoms with Gasteiger partial charge in [-0.1, -0.05) is 12.1 Å². The number of amides is 1. The first kappa shape index (κ1) is 14.8. The number of likely N-dealkylation sites (tertiary alicyclic amines) is 1. The molecule has 0 spiro atoms. The van der Waals surface area contributed by atoms with Gasteiger partial charge in [0.25, 0.3) is 0 Å². The van der Waals surface area contributed by atoms with E-state index in [1.807, 2.05) is 31.2 Å². The first-order valence-corrected chi connectivity index (χ1v) is 7.73. The number of hydrogen-bond donors (Lipinski definition) is 1. The monoisotopic (exact) mass is 302 g/mol. The quantitative estimate of drug-likeness (QED) is 0.941. The maximum Gasteiger partial charge on any atom is 0.409 e. The van der Waals surface area contributed by atoms with E-state index in [0.29, 0.717) is 12.6 Å². The SMILES string of the molecule is CCOC(=O)N1CC[C@H](N(C)Cc2nc3ccccc3[nH]2)C1. The molecule has 2 heterocycles. The molecule has 0 saturated carbocycles. The molecule has 2 aromatic rings. The van der Waals surface area contributed by atoms with Gasteiger partial charge in [0.1, 0.15) is 5.82 Å². The number of hydrogen-bond acceptors (Lipinski definition) is 4. The van der Waals surface area contributed by atoms with Crippen molar-refractivity contribution in [3.05, 3.63) is 30.1 Å². The summed E-state index contributed by atoms with van der Waals surface area (Å²) in [5.74, 6) is 0.957. The van der Waals surface area contributed by atoms with Crippen molar-refractivity contribution in [2.45, 2.75) is 25.9 Å². The van der Waals surface area contributed by atoms with Gasteiger partial charge in [-0.15, -0.1) is 0 Å². The van der Waals surface area contributed by atoms with E-state index in [1.54, 1.807) is 4.90 Å². The molecule has 1 amide bonds. The van der Waals surface area contributed by atoms with Crippen molar-refractivity contribution in [1.82, 2.24) is 19.8 Å². The first-order valence-electron chi connectivity index (χ1n) is 7.73. The number of nitrogens with zero attached hydrogens (tertiary/aromatic N) is 3. The van der Waals surface area contributed by atoms with Gasteiger partial charge in [-0.3, -0.25) is 4.90 Å². The number of aromatic amines is 1. The zero-order valence-corrected chi connectivity index (χ0v) is 13.1. The lowest BCUT2D eigenvalue weighted by Gasteiger charge is -2.23. The van der Waals surface area contributed by atoms with Crippen LogP contribution in [0.25, 0.3) is 11.0 Å². The number of aromatic nitrogens is 2. The second-order valence-corrected chi connectivity index (χ2v) is 5.70. The summed E-state index contributed by atoms with van der Waals surface area (Å²) in [6, 6.07) is 8.38. The number of benzene rings is 1. The van der Waals surface area contributed by atoms with Crippen molar-refractivity contribution in [3.8, 4) is 0 Å². The minimum absolute atomic E-state index is 0.206. The summed E-state index contributed by atoms with van der Waals surface area (Å²) in [6.45, 7) is 4.48. The Balaban J connectivity index is 1.60. The molecular formula is C16H22N4O2. The predicted octanol–water partition coefficient (Wildman–Crippen LogP) is 2.23. The van der Waals surface area contributed by atoms with Gasteiger partial charge in [0.15, 0.2) is 0 Å². The normalized spacial score (nSPS) is 18.3. The highest BCUT2D eigenvalue weighted by atomic mass is 16.6. The Morgan fingerprint density at radius 2 is 2.32 bits per heavy atom.